The third-order valence-corrected chi connectivity index (χ3v) is 8.06. The molecule has 2 aromatic rings. The Kier molecular flexibility index (Phi) is 6.62. The SMILES string of the molecule is C[C@H](N[C@H]1C[C@H](C(=O)O)C1(C)C)c1ccc2ccc(O[C@H]3CC[C@@H](C)CC3)c(C(F)(F)F)c2c1. The van der Waals surface area contributed by atoms with E-state index < -0.39 is 29.0 Å². The summed E-state index contributed by atoms with van der Waals surface area (Å²) in [4.78, 5) is 11.4. The second-order valence-corrected chi connectivity index (χ2v) is 10.8. The molecule has 2 saturated carbocycles. The van der Waals surface area contributed by atoms with Gasteiger partial charge in [0.2, 0.25) is 0 Å². The van der Waals surface area contributed by atoms with Crippen LogP contribution in [0, 0.1) is 17.3 Å². The van der Waals surface area contributed by atoms with Crippen molar-refractivity contribution in [2.45, 2.75) is 84.2 Å². The van der Waals surface area contributed by atoms with E-state index in [0.29, 0.717) is 17.7 Å². The molecule has 7 heteroatoms. The van der Waals surface area contributed by atoms with E-state index in [2.05, 4.69) is 12.2 Å². The van der Waals surface area contributed by atoms with Gasteiger partial charge in [-0.05, 0) is 78.8 Å². The number of aliphatic carboxylic acids is 1. The summed E-state index contributed by atoms with van der Waals surface area (Å²) >= 11 is 0. The maximum atomic E-state index is 14.3. The van der Waals surface area contributed by atoms with Gasteiger partial charge in [-0.1, -0.05) is 39.0 Å². The van der Waals surface area contributed by atoms with Crippen LogP contribution in [0.1, 0.15) is 77.0 Å². The van der Waals surface area contributed by atoms with E-state index in [1.54, 1.807) is 18.2 Å². The zero-order valence-electron chi connectivity index (χ0n) is 20.2. The van der Waals surface area contributed by atoms with Crippen molar-refractivity contribution in [1.29, 1.82) is 0 Å². The molecule has 186 valence electrons. The van der Waals surface area contributed by atoms with Crippen LogP contribution in [0.2, 0.25) is 0 Å². The van der Waals surface area contributed by atoms with Gasteiger partial charge in [-0.25, -0.2) is 0 Å². The minimum Gasteiger partial charge on any atom is -0.490 e. The molecule has 0 spiro atoms. The van der Waals surface area contributed by atoms with E-state index in [0.717, 1.165) is 31.2 Å². The number of halogens is 3. The Morgan fingerprint density at radius 1 is 1.15 bits per heavy atom. The molecule has 0 bridgehead atoms. The van der Waals surface area contributed by atoms with Crippen LogP contribution in [0.25, 0.3) is 10.8 Å². The van der Waals surface area contributed by atoms with Crippen molar-refractivity contribution in [2.75, 3.05) is 0 Å². The lowest BCUT2D eigenvalue weighted by atomic mass is 9.58. The van der Waals surface area contributed by atoms with Crippen molar-refractivity contribution in [3.8, 4) is 5.75 Å². The van der Waals surface area contributed by atoms with Gasteiger partial charge < -0.3 is 15.2 Å². The fourth-order valence-corrected chi connectivity index (χ4v) is 5.53. The maximum Gasteiger partial charge on any atom is 0.420 e. The molecule has 2 aliphatic rings. The summed E-state index contributed by atoms with van der Waals surface area (Å²) in [7, 11) is 0. The quantitative estimate of drug-likeness (QED) is 0.472. The first-order chi connectivity index (χ1) is 15.9. The average molecular weight is 478 g/mol. The molecule has 2 aliphatic carbocycles. The molecule has 0 radical (unpaired) electrons. The van der Waals surface area contributed by atoms with E-state index in [1.807, 2.05) is 26.8 Å². The van der Waals surface area contributed by atoms with Gasteiger partial charge in [0.1, 0.15) is 11.3 Å². The first-order valence-electron chi connectivity index (χ1n) is 12.2. The summed E-state index contributed by atoms with van der Waals surface area (Å²) in [6.45, 7) is 7.90. The molecule has 0 unspecified atom stereocenters. The minimum absolute atomic E-state index is 0.0234. The van der Waals surface area contributed by atoms with Crippen LogP contribution >= 0.6 is 0 Å². The van der Waals surface area contributed by atoms with Crippen molar-refractivity contribution >= 4 is 16.7 Å². The van der Waals surface area contributed by atoms with Crippen LogP contribution in [0.4, 0.5) is 13.2 Å². The van der Waals surface area contributed by atoms with Gasteiger partial charge >= 0.3 is 12.1 Å². The monoisotopic (exact) mass is 477 g/mol. The number of carbonyl (C=O) groups is 1. The zero-order chi connectivity index (χ0) is 24.8. The number of rotatable bonds is 6. The number of alkyl halides is 3. The molecular formula is C27H34F3NO3. The molecule has 0 amide bonds. The lowest BCUT2D eigenvalue weighted by molar-refractivity contribution is -0.155. The number of ether oxygens (including phenoxy) is 1. The Labute approximate surface area is 198 Å². The molecule has 0 aromatic heterocycles. The predicted molar refractivity (Wildman–Crippen MR) is 126 cm³/mol. The first kappa shape index (κ1) is 24.8. The highest BCUT2D eigenvalue weighted by atomic mass is 19.4. The number of carboxylic acids is 1. The van der Waals surface area contributed by atoms with Crippen LogP contribution < -0.4 is 10.1 Å². The first-order valence-corrected chi connectivity index (χ1v) is 12.2. The highest BCUT2D eigenvalue weighted by Gasteiger charge is 2.52. The largest absolute Gasteiger partial charge is 0.490 e. The van der Waals surface area contributed by atoms with Gasteiger partial charge in [0, 0.05) is 12.1 Å². The summed E-state index contributed by atoms with van der Waals surface area (Å²) in [5.74, 6) is -0.743. The third kappa shape index (κ3) is 4.77. The lowest BCUT2D eigenvalue weighted by Crippen LogP contribution is -2.59. The Bertz CT molecular complexity index is 1060. The van der Waals surface area contributed by atoms with Gasteiger partial charge in [0.05, 0.1) is 12.0 Å². The van der Waals surface area contributed by atoms with Crippen molar-refractivity contribution in [3.63, 3.8) is 0 Å². The minimum atomic E-state index is -4.54. The summed E-state index contributed by atoms with van der Waals surface area (Å²) in [5, 5.41) is 13.5. The van der Waals surface area contributed by atoms with Gasteiger partial charge in [0.25, 0.3) is 0 Å². The van der Waals surface area contributed by atoms with Crippen LogP contribution in [-0.4, -0.2) is 23.2 Å². The second kappa shape index (κ2) is 9.06. The maximum absolute atomic E-state index is 14.3. The normalized spacial score (nSPS) is 27.7. The molecule has 4 rings (SSSR count). The topological polar surface area (TPSA) is 58.6 Å². The van der Waals surface area contributed by atoms with Gasteiger partial charge in [-0.15, -0.1) is 0 Å². The fraction of sp³-hybridized carbons (Fsp3) is 0.593. The van der Waals surface area contributed by atoms with E-state index in [4.69, 9.17) is 4.74 Å². The molecule has 0 saturated heterocycles. The molecule has 2 aromatic carbocycles. The van der Waals surface area contributed by atoms with Gasteiger partial charge in [-0.2, -0.15) is 13.2 Å². The highest BCUT2D eigenvalue weighted by Crippen LogP contribution is 2.47. The van der Waals surface area contributed by atoms with Crippen LogP contribution in [0.15, 0.2) is 30.3 Å². The molecule has 34 heavy (non-hydrogen) atoms. The molecule has 2 fully saturated rings. The van der Waals surface area contributed by atoms with Crippen molar-refractivity contribution < 1.29 is 27.8 Å². The lowest BCUT2D eigenvalue weighted by Gasteiger charge is -2.51. The Morgan fingerprint density at radius 2 is 1.79 bits per heavy atom. The Hall–Kier alpha value is -2.28. The number of benzene rings is 2. The molecule has 2 N–H and O–H groups in total. The number of fused-ring (bicyclic) bond motifs is 1. The molecule has 4 nitrogen and oxygen atoms in total. The van der Waals surface area contributed by atoms with E-state index in [1.165, 1.54) is 6.07 Å². The third-order valence-electron chi connectivity index (χ3n) is 8.06. The van der Waals surface area contributed by atoms with Crippen LogP contribution in [0.5, 0.6) is 5.75 Å². The Morgan fingerprint density at radius 3 is 2.38 bits per heavy atom. The van der Waals surface area contributed by atoms with Gasteiger partial charge in [-0.3, -0.25) is 4.79 Å². The smallest absolute Gasteiger partial charge is 0.420 e. The van der Waals surface area contributed by atoms with Gasteiger partial charge in [0.15, 0.2) is 0 Å². The number of nitrogens with one attached hydrogen (secondary N) is 1. The molecule has 0 heterocycles. The Balaban J connectivity index is 1.62. The summed E-state index contributed by atoms with van der Waals surface area (Å²) in [5.41, 5.74) is -0.407. The molecule has 0 aliphatic heterocycles. The summed E-state index contributed by atoms with van der Waals surface area (Å²) in [6.07, 6.45) is -0.761. The number of carboxylic acid groups (broad SMARTS) is 1. The van der Waals surface area contributed by atoms with Crippen LogP contribution in [-0.2, 0) is 11.0 Å². The van der Waals surface area contributed by atoms with Crippen LogP contribution in [0.3, 0.4) is 0 Å². The van der Waals surface area contributed by atoms with Crippen molar-refractivity contribution in [3.05, 3.63) is 41.5 Å². The number of hydrogen-bond acceptors (Lipinski definition) is 3. The zero-order valence-corrected chi connectivity index (χ0v) is 20.2. The van der Waals surface area contributed by atoms with E-state index in [9.17, 15) is 23.1 Å². The molecular weight excluding hydrogens is 443 g/mol. The average Bonchev–Trinajstić information content (AvgIpc) is 2.76. The van der Waals surface area contributed by atoms with E-state index >= 15 is 0 Å². The standard InChI is InChI=1S/C27H34F3NO3/c1-15-5-10-19(11-6-15)34-22-12-9-17-7-8-18(13-20(17)24(22)27(28,29)30)16(2)31-23-14-21(25(32)33)26(23,3)4/h7-9,12-13,15-16,19,21,23,31H,5-6,10-11,14H2,1-4H3,(H,32,33)/t15-,16-,19+,21+,23-/m0/s1. The summed E-state index contributed by atoms with van der Waals surface area (Å²) in [6, 6.07) is 8.05. The predicted octanol–water partition coefficient (Wildman–Crippen LogP) is 6.97. The fourth-order valence-electron chi connectivity index (χ4n) is 5.53. The molecule has 3 atom stereocenters. The second-order valence-electron chi connectivity index (χ2n) is 10.8. The van der Waals surface area contributed by atoms with Crippen molar-refractivity contribution in [2.24, 2.45) is 17.3 Å². The van der Waals surface area contributed by atoms with E-state index in [-0.39, 0.29) is 29.3 Å². The van der Waals surface area contributed by atoms with Crippen molar-refractivity contribution in [1.82, 2.24) is 5.32 Å². The summed E-state index contributed by atoms with van der Waals surface area (Å²) < 4.78 is 48.7. The highest BCUT2D eigenvalue weighted by molar-refractivity contribution is 5.89. The number of hydrogen-bond donors (Lipinski definition) is 2.